The number of nitrogens with zero attached hydrogens (tertiary/aromatic N) is 1. The zero-order valence-corrected chi connectivity index (χ0v) is 17.4. The molecule has 5 nitrogen and oxygen atoms in total. The van der Waals surface area contributed by atoms with Gasteiger partial charge in [-0.3, -0.25) is 0 Å². The van der Waals surface area contributed by atoms with Gasteiger partial charge in [-0.05, 0) is 24.6 Å². The minimum atomic E-state index is 0.546. The second-order valence-electron chi connectivity index (χ2n) is 6.09. The lowest BCUT2D eigenvalue weighted by Gasteiger charge is -2.15. The molecule has 0 spiro atoms. The maximum atomic E-state index is 5.48. The second-order valence-corrected chi connectivity index (χ2v) is 6.94. The van der Waals surface area contributed by atoms with Crippen molar-refractivity contribution in [3.8, 4) is 28.5 Å². The molecule has 0 atom stereocenters. The number of hydrogen-bond acceptors (Lipinski definition) is 6. The average Bonchev–Trinajstić information content (AvgIpc) is 3.21. The minimum absolute atomic E-state index is 0.546. The molecule has 6 heteroatoms. The van der Waals surface area contributed by atoms with Crippen molar-refractivity contribution >= 4 is 16.9 Å². The highest BCUT2D eigenvalue weighted by Crippen LogP contribution is 2.41. The van der Waals surface area contributed by atoms with Gasteiger partial charge in [-0.25, -0.2) is 4.98 Å². The second kappa shape index (κ2) is 8.80. The summed E-state index contributed by atoms with van der Waals surface area (Å²) >= 11 is 1.56. The molecule has 3 aromatic rings. The number of methoxy groups -OCH3 is 4. The lowest BCUT2D eigenvalue weighted by molar-refractivity contribution is 0.324. The lowest BCUT2D eigenvalue weighted by Crippen LogP contribution is -1.98. The quantitative estimate of drug-likeness (QED) is 0.514. The van der Waals surface area contributed by atoms with Crippen LogP contribution in [0, 0.1) is 6.92 Å². The van der Waals surface area contributed by atoms with Gasteiger partial charge in [-0.15, -0.1) is 11.3 Å². The first-order valence-corrected chi connectivity index (χ1v) is 9.55. The largest absolute Gasteiger partial charge is 0.504 e. The number of aromatic nitrogens is 1. The van der Waals surface area contributed by atoms with Gasteiger partial charge in [0.25, 0.3) is 0 Å². The molecular weight excluding hydrogens is 374 g/mol. The van der Waals surface area contributed by atoms with Crippen molar-refractivity contribution in [1.29, 1.82) is 0 Å². The fraction of sp³-hybridized carbons (Fsp3) is 0.227. The highest BCUT2D eigenvalue weighted by molar-refractivity contribution is 7.11. The first kappa shape index (κ1) is 19.8. The van der Waals surface area contributed by atoms with E-state index in [9.17, 15) is 0 Å². The van der Waals surface area contributed by atoms with Crippen LogP contribution in [0.5, 0.6) is 17.2 Å². The molecule has 0 N–H and O–H groups in total. The molecule has 0 aliphatic carbocycles. The highest BCUT2D eigenvalue weighted by Gasteiger charge is 2.18. The van der Waals surface area contributed by atoms with Crippen molar-refractivity contribution in [2.45, 2.75) is 6.92 Å². The molecule has 0 unspecified atom stereocenters. The topological polar surface area (TPSA) is 49.8 Å². The number of rotatable bonds is 7. The average molecular weight is 397 g/mol. The van der Waals surface area contributed by atoms with E-state index in [1.54, 1.807) is 46.0 Å². The molecular formula is C22H23NO4S. The van der Waals surface area contributed by atoms with E-state index in [0.29, 0.717) is 17.2 Å². The predicted molar refractivity (Wildman–Crippen MR) is 112 cm³/mol. The van der Waals surface area contributed by atoms with Gasteiger partial charge in [0.05, 0.1) is 46.0 Å². The molecule has 28 heavy (non-hydrogen) atoms. The van der Waals surface area contributed by atoms with E-state index in [2.05, 4.69) is 31.2 Å². The molecule has 0 bridgehead atoms. The summed E-state index contributed by atoms with van der Waals surface area (Å²) < 4.78 is 21.7. The van der Waals surface area contributed by atoms with E-state index in [0.717, 1.165) is 27.4 Å². The zero-order chi connectivity index (χ0) is 20.1. The molecule has 0 saturated heterocycles. The third-order valence-corrected chi connectivity index (χ3v) is 5.17. The predicted octanol–water partition coefficient (Wildman–Crippen LogP) is 5.18. The van der Waals surface area contributed by atoms with E-state index in [1.165, 1.54) is 5.56 Å². The Morgan fingerprint density at radius 2 is 1.57 bits per heavy atom. The standard InChI is InChI=1S/C22H23NO4S/c1-14-6-8-15(9-7-14)18-13-28-22(23-18)17(12-24-2)16-10-19(25-3)21(27-5)20(11-16)26-4/h6-13H,1-5H3/b17-12-. The summed E-state index contributed by atoms with van der Waals surface area (Å²) in [5.41, 5.74) is 4.92. The van der Waals surface area contributed by atoms with Crippen LogP contribution in [0.3, 0.4) is 0 Å². The fourth-order valence-corrected chi connectivity index (χ4v) is 3.71. The van der Waals surface area contributed by atoms with E-state index >= 15 is 0 Å². The van der Waals surface area contributed by atoms with Crippen molar-refractivity contribution in [2.75, 3.05) is 28.4 Å². The SMILES string of the molecule is CO/C=C(/c1cc(OC)c(OC)c(OC)c1)c1nc(-c2ccc(C)cc2)cs1. The summed E-state index contributed by atoms with van der Waals surface area (Å²) in [6.45, 7) is 2.07. The summed E-state index contributed by atoms with van der Waals surface area (Å²) in [5, 5.41) is 2.88. The third-order valence-electron chi connectivity index (χ3n) is 4.29. The van der Waals surface area contributed by atoms with Crippen LogP contribution >= 0.6 is 11.3 Å². The molecule has 146 valence electrons. The van der Waals surface area contributed by atoms with Gasteiger partial charge in [-0.1, -0.05) is 29.8 Å². The van der Waals surface area contributed by atoms with Gasteiger partial charge < -0.3 is 18.9 Å². The zero-order valence-electron chi connectivity index (χ0n) is 16.6. The minimum Gasteiger partial charge on any atom is -0.504 e. The van der Waals surface area contributed by atoms with Crippen molar-refractivity contribution in [1.82, 2.24) is 4.98 Å². The molecule has 2 aromatic carbocycles. The summed E-state index contributed by atoms with van der Waals surface area (Å²) in [7, 11) is 6.40. The fourth-order valence-electron chi connectivity index (χ4n) is 2.85. The molecule has 0 amide bonds. The van der Waals surface area contributed by atoms with Gasteiger partial charge in [0.15, 0.2) is 11.5 Å². The van der Waals surface area contributed by atoms with Gasteiger partial charge in [0.2, 0.25) is 5.75 Å². The summed E-state index contributed by atoms with van der Waals surface area (Å²) in [6, 6.07) is 12.1. The Balaban J connectivity index is 2.06. The number of hydrogen-bond donors (Lipinski definition) is 0. The molecule has 0 aliphatic heterocycles. The Morgan fingerprint density at radius 1 is 0.929 bits per heavy atom. The number of aryl methyl sites for hydroxylation is 1. The van der Waals surface area contributed by atoms with Crippen molar-refractivity contribution in [3.05, 3.63) is 64.2 Å². The van der Waals surface area contributed by atoms with E-state index < -0.39 is 0 Å². The first-order chi connectivity index (χ1) is 13.6. The molecule has 1 aromatic heterocycles. The number of thiazole rings is 1. The van der Waals surface area contributed by atoms with E-state index in [-0.39, 0.29) is 0 Å². The van der Waals surface area contributed by atoms with Crippen LogP contribution in [0.25, 0.3) is 16.8 Å². The van der Waals surface area contributed by atoms with Crippen LogP contribution in [0.1, 0.15) is 16.1 Å². The van der Waals surface area contributed by atoms with Crippen LogP contribution in [0.15, 0.2) is 48.0 Å². The monoisotopic (exact) mass is 397 g/mol. The van der Waals surface area contributed by atoms with Crippen molar-refractivity contribution in [2.24, 2.45) is 0 Å². The molecule has 0 aliphatic rings. The van der Waals surface area contributed by atoms with Crippen molar-refractivity contribution in [3.63, 3.8) is 0 Å². The Kier molecular flexibility index (Phi) is 6.21. The smallest absolute Gasteiger partial charge is 0.203 e. The Labute approximate surface area is 169 Å². The summed E-state index contributed by atoms with van der Waals surface area (Å²) in [4.78, 5) is 4.82. The maximum absolute atomic E-state index is 5.48. The van der Waals surface area contributed by atoms with Crippen LogP contribution in [-0.2, 0) is 4.74 Å². The molecule has 1 heterocycles. The van der Waals surface area contributed by atoms with Crippen molar-refractivity contribution < 1.29 is 18.9 Å². The Bertz CT molecular complexity index is 951. The Hall–Kier alpha value is -2.99. The maximum Gasteiger partial charge on any atom is 0.203 e. The van der Waals surface area contributed by atoms with Gasteiger partial charge in [-0.2, -0.15) is 0 Å². The summed E-state index contributed by atoms with van der Waals surface area (Å²) in [5.74, 6) is 1.70. The van der Waals surface area contributed by atoms with Gasteiger partial charge in [0, 0.05) is 10.9 Å². The number of ether oxygens (including phenoxy) is 4. The first-order valence-electron chi connectivity index (χ1n) is 8.67. The molecule has 0 saturated carbocycles. The van der Waals surface area contributed by atoms with Crippen LogP contribution in [-0.4, -0.2) is 33.4 Å². The van der Waals surface area contributed by atoms with Gasteiger partial charge >= 0.3 is 0 Å². The van der Waals surface area contributed by atoms with Crippen LogP contribution in [0.4, 0.5) is 0 Å². The summed E-state index contributed by atoms with van der Waals surface area (Å²) in [6.07, 6.45) is 1.68. The normalized spacial score (nSPS) is 11.2. The van der Waals surface area contributed by atoms with Crippen LogP contribution < -0.4 is 14.2 Å². The Morgan fingerprint density at radius 3 is 2.11 bits per heavy atom. The molecule has 0 fully saturated rings. The van der Waals surface area contributed by atoms with Gasteiger partial charge in [0.1, 0.15) is 5.01 Å². The third kappa shape index (κ3) is 3.97. The van der Waals surface area contributed by atoms with E-state index in [1.807, 2.05) is 17.5 Å². The number of benzene rings is 2. The molecule has 0 radical (unpaired) electrons. The highest BCUT2D eigenvalue weighted by atomic mass is 32.1. The van der Waals surface area contributed by atoms with E-state index in [4.69, 9.17) is 23.9 Å². The molecule has 3 rings (SSSR count). The lowest BCUT2D eigenvalue weighted by atomic mass is 10.1. The van der Waals surface area contributed by atoms with Crippen LogP contribution in [0.2, 0.25) is 0 Å².